The molecule has 0 saturated heterocycles. The van der Waals surface area contributed by atoms with E-state index in [0.717, 1.165) is 31.6 Å². The van der Waals surface area contributed by atoms with E-state index in [1.165, 1.54) is 0 Å². The average Bonchev–Trinajstić information content (AvgIpc) is 3.01. The van der Waals surface area contributed by atoms with E-state index in [2.05, 4.69) is 27.1 Å². The molecule has 94 valence electrons. The van der Waals surface area contributed by atoms with Gasteiger partial charge in [0.15, 0.2) is 0 Å². The minimum atomic E-state index is 0.156. The zero-order valence-corrected chi connectivity index (χ0v) is 10.3. The maximum absolute atomic E-state index is 11.4. The number of aromatic nitrogens is 2. The van der Waals surface area contributed by atoms with Crippen molar-refractivity contribution < 1.29 is 4.79 Å². The zero-order valence-electron chi connectivity index (χ0n) is 10.3. The number of carbonyl (C=O) groups excluding carboxylic acids is 1. The van der Waals surface area contributed by atoms with Crippen LogP contribution in [-0.2, 0) is 17.9 Å². The molecule has 2 rings (SSSR count). The number of imidazole rings is 1. The molecule has 1 heterocycles. The normalized spacial score (nSPS) is 14.9. The molecule has 1 aliphatic carbocycles. The molecular weight excluding hydrogens is 216 g/mol. The molecule has 1 aromatic heterocycles. The van der Waals surface area contributed by atoms with Gasteiger partial charge in [0.2, 0.25) is 5.91 Å². The highest BCUT2D eigenvalue weighted by atomic mass is 16.1. The Bertz CT molecular complexity index is 370. The highest BCUT2D eigenvalue weighted by Gasteiger charge is 2.22. The van der Waals surface area contributed by atoms with Crippen LogP contribution in [0.4, 0.5) is 0 Å². The van der Waals surface area contributed by atoms with E-state index in [-0.39, 0.29) is 5.91 Å². The predicted molar refractivity (Wildman–Crippen MR) is 65.4 cm³/mol. The highest BCUT2D eigenvalue weighted by Crippen LogP contribution is 2.18. The third kappa shape index (κ3) is 3.85. The molecule has 5 heteroatoms. The summed E-state index contributed by atoms with van der Waals surface area (Å²) in [5.74, 6) is 0.156. The number of carbonyl (C=O) groups is 1. The predicted octanol–water partition coefficient (Wildman–Crippen LogP) is 0.661. The van der Waals surface area contributed by atoms with Gasteiger partial charge in [0.1, 0.15) is 0 Å². The van der Waals surface area contributed by atoms with E-state index in [1.54, 1.807) is 0 Å². The summed E-state index contributed by atoms with van der Waals surface area (Å²) >= 11 is 0. The van der Waals surface area contributed by atoms with Crippen LogP contribution >= 0.6 is 0 Å². The first-order valence-electron chi connectivity index (χ1n) is 6.28. The number of aryl methyl sites for hydroxylation is 1. The summed E-state index contributed by atoms with van der Waals surface area (Å²) in [7, 11) is 0. The summed E-state index contributed by atoms with van der Waals surface area (Å²) in [6.45, 7) is 4.51. The summed E-state index contributed by atoms with van der Waals surface area (Å²) in [6.07, 6.45) is 6.54. The fourth-order valence-corrected chi connectivity index (χ4v) is 1.73. The van der Waals surface area contributed by atoms with Crippen molar-refractivity contribution in [1.82, 2.24) is 20.2 Å². The Kier molecular flexibility index (Phi) is 4.14. The second-order valence-corrected chi connectivity index (χ2v) is 4.44. The van der Waals surface area contributed by atoms with E-state index in [0.29, 0.717) is 19.0 Å². The molecule has 1 fully saturated rings. The molecule has 0 unspecified atom stereocenters. The Balaban J connectivity index is 1.60. The lowest BCUT2D eigenvalue weighted by molar-refractivity contribution is -0.121. The third-order valence-corrected chi connectivity index (χ3v) is 2.92. The van der Waals surface area contributed by atoms with Gasteiger partial charge in [-0.2, -0.15) is 0 Å². The van der Waals surface area contributed by atoms with Crippen molar-refractivity contribution in [3.63, 3.8) is 0 Å². The van der Waals surface area contributed by atoms with Crippen LogP contribution in [0.25, 0.3) is 0 Å². The molecule has 0 bridgehead atoms. The molecule has 17 heavy (non-hydrogen) atoms. The second kappa shape index (κ2) is 5.82. The summed E-state index contributed by atoms with van der Waals surface area (Å²) in [5, 5.41) is 6.24. The molecule has 0 radical (unpaired) electrons. The monoisotopic (exact) mass is 236 g/mol. The van der Waals surface area contributed by atoms with Crippen molar-refractivity contribution in [2.45, 2.75) is 45.3 Å². The third-order valence-electron chi connectivity index (χ3n) is 2.92. The van der Waals surface area contributed by atoms with Crippen LogP contribution in [0.2, 0.25) is 0 Å². The molecule has 1 saturated carbocycles. The Morgan fingerprint density at radius 3 is 3.12 bits per heavy atom. The molecule has 0 spiro atoms. The van der Waals surface area contributed by atoms with Crippen molar-refractivity contribution in [3.05, 3.63) is 18.2 Å². The summed E-state index contributed by atoms with van der Waals surface area (Å²) in [5.41, 5.74) is 1.16. The van der Waals surface area contributed by atoms with Gasteiger partial charge < -0.3 is 15.2 Å². The minimum Gasteiger partial charge on any atom is -0.353 e. The van der Waals surface area contributed by atoms with Crippen molar-refractivity contribution in [2.75, 3.05) is 6.54 Å². The van der Waals surface area contributed by atoms with Gasteiger partial charge in [-0.3, -0.25) is 4.79 Å². The van der Waals surface area contributed by atoms with Gasteiger partial charge in [-0.1, -0.05) is 0 Å². The topological polar surface area (TPSA) is 59.0 Å². The van der Waals surface area contributed by atoms with Crippen molar-refractivity contribution in [1.29, 1.82) is 0 Å². The van der Waals surface area contributed by atoms with Gasteiger partial charge in [0.25, 0.3) is 0 Å². The Morgan fingerprint density at radius 2 is 2.41 bits per heavy atom. The molecule has 2 N–H and O–H groups in total. The van der Waals surface area contributed by atoms with Gasteiger partial charge in [-0.05, 0) is 19.8 Å². The zero-order chi connectivity index (χ0) is 12.1. The van der Waals surface area contributed by atoms with Gasteiger partial charge in [0.05, 0.1) is 12.0 Å². The van der Waals surface area contributed by atoms with E-state index < -0.39 is 0 Å². The summed E-state index contributed by atoms with van der Waals surface area (Å²) in [4.78, 5) is 15.5. The molecular formula is C12H20N4O. The first-order valence-corrected chi connectivity index (χ1v) is 6.28. The number of rotatable bonds is 7. The van der Waals surface area contributed by atoms with Crippen LogP contribution in [0.3, 0.4) is 0 Å². The SMILES string of the molecule is CCn1cncc1CNCCC(=O)NC1CC1. The second-order valence-electron chi connectivity index (χ2n) is 4.44. The number of hydrogen-bond acceptors (Lipinski definition) is 3. The largest absolute Gasteiger partial charge is 0.353 e. The lowest BCUT2D eigenvalue weighted by Crippen LogP contribution is -2.29. The van der Waals surface area contributed by atoms with Gasteiger partial charge >= 0.3 is 0 Å². The highest BCUT2D eigenvalue weighted by molar-refractivity contribution is 5.76. The number of nitrogens with one attached hydrogen (secondary N) is 2. The van der Waals surface area contributed by atoms with Gasteiger partial charge in [-0.25, -0.2) is 4.98 Å². The summed E-state index contributed by atoms with van der Waals surface area (Å²) in [6, 6.07) is 0.462. The number of amides is 1. The van der Waals surface area contributed by atoms with Crippen LogP contribution in [0, 0.1) is 0 Å². The molecule has 0 aromatic carbocycles. The maximum atomic E-state index is 11.4. The molecule has 1 aromatic rings. The molecule has 0 aliphatic heterocycles. The smallest absolute Gasteiger partial charge is 0.221 e. The summed E-state index contributed by atoms with van der Waals surface area (Å²) < 4.78 is 2.09. The minimum absolute atomic E-state index is 0.156. The fourth-order valence-electron chi connectivity index (χ4n) is 1.73. The van der Waals surface area contributed by atoms with E-state index in [4.69, 9.17) is 0 Å². The standard InChI is InChI=1S/C12H20N4O/c1-2-16-9-14-8-11(16)7-13-6-5-12(17)15-10-3-4-10/h8-10,13H,2-7H2,1H3,(H,15,17). The van der Waals surface area contributed by atoms with Crippen LogP contribution in [-0.4, -0.2) is 28.0 Å². The lowest BCUT2D eigenvalue weighted by atomic mass is 10.3. The van der Waals surface area contributed by atoms with Gasteiger partial charge in [0, 0.05) is 38.3 Å². The van der Waals surface area contributed by atoms with E-state index in [1.807, 2.05) is 12.5 Å². The van der Waals surface area contributed by atoms with Crippen molar-refractivity contribution >= 4 is 5.91 Å². The molecule has 5 nitrogen and oxygen atoms in total. The molecule has 0 atom stereocenters. The quantitative estimate of drug-likeness (QED) is 0.684. The first kappa shape index (κ1) is 12.1. The number of nitrogens with zero attached hydrogens (tertiary/aromatic N) is 2. The molecule has 1 aliphatic rings. The molecule has 1 amide bonds. The van der Waals surface area contributed by atoms with E-state index >= 15 is 0 Å². The van der Waals surface area contributed by atoms with Crippen LogP contribution < -0.4 is 10.6 Å². The lowest BCUT2D eigenvalue weighted by Gasteiger charge is -2.07. The van der Waals surface area contributed by atoms with E-state index in [9.17, 15) is 4.79 Å². The average molecular weight is 236 g/mol. The first-order chi connectivity index (χ1) is 8.29. The fraction of sp³-hybridized carbons (Fsp3) is 0.667. The number of hydrogen-bond donors (Lipinski definition) is 2. The van der Waals surface area contributed by atoms with Crippen LogP contribution in [0.15, 0.2) is 12.5 Å². The van der Waals surface area contributed by atoms with Crippen LogP contribution in [0.5, 0.6) is 0 Å². The Morgan fingerprint density at radius 1 is 1.59 bits per heavy atom. The van der Waals surface area contributed by atoms with Crippen molar-refractivity contribution in [3.8, 4) is 0 Å². The maximum Gasteiger partial charge on any atom is 0.221 e. The van der Waals surface area contributed by atoms with Gasteiger partial charge in [-0.15, -0.1) is 0 Å². The Hall–Kier alpha value is -1.36. The van der Waals surface area contributed by atoms with Crippen LogP contribution in [0.1, 0.15) is 31.9 Å². The van der Waals surface area contributed by atoms with Crippen molar-refractivity contribution in [2.24, 2.45) is 0 Å². The Labute approximate surface area is 102 Å².